The number of benzene rings is 1. The summed E-state index contributed by atoms with van der Waals surface area (Å²) < 4.78 is 5.52. The molecule has 1 saturated carbocycles. The number of rotatable bonds is 5. The van der Waals surface area contributed by atoms with Crippen molar-refractivity contribution in [1.82, 2.24) is 5.32 Å². The first-order valence-electron chi connectivity index (χ1n) is 8.20. The van der Waals surface area contributed by atoms with E-state index >= 15 is 0 Å². The van der Waals surface area contributed by atoms with Crippen LogP contribution in [0.15, 0.2) is 24.3 Å². The van der Waals surface area contributed by atoms with E-state index in [-0.39, 0.29) is 5.91 Å². The fraction of sp³-hybridized carbons (Fsp3) is 0.588. The van der Waals surface area contributed by atoms with E-state index in [4.69, 9.17) is 4.74 Å². The van der Waals surface area contributed by atoms with Gasteiger partial charge in [-0.25, -0.2) is 0 Å². The molecule has 0 bridgehead atoms. The lowest BCUT2D eigenvalue weighted by Gasteiger charge is -2.40. The van der Waals surface area contributed by atoms with E-state index in [0.29, 0.717) is 23.6 Å². The van der Waals surface area contributed by atoms with Crippen molar-refractivity contribution in [2.24, 2.45) is 5.92 Å². The molecule has 1 saturated heterocycles. The smallest absolute Gasteiger partial charge is 0.251 e. The van der Waals surface area contributed by atoms with Crippen LogP contribution < -0.4 is 5.32 Å². The molecule has 0 spiro atoms. The summed E-state index contributed by atoms with van der Waals surface area (Å²) in [5.41, 5.74) is 0.941. The fourth-order valence-corrected chi connectivity index (χ4v) is 2.90. The van der Waals surface area contributed by atoms with Crippen molar-refractivity contribution in [2.75, 3.05) is 13.2 Å². The maximum absolute atomic E-state index is 12.2. The fourth-order valence-electron chi connectivity index (χ4n) is 2.90. The van der Waals surface area contributed by atoms with Crippen LogP contribution in [0.5, 0.6) is 0 Å². The summed E-state index contributed by atoms with van der Waals surface area (Å²) in [5, 5.41) is 42.0. The molecule has 24 heavy (non-hydrogen) atoms. The summed E-state index contributed by atoms with van der Waals surface area (Å²) in [6.07, 6.45) is -3.80. The highest BCUT2D eigenvalue weighted by Crippen LogP contribution is 2.32. The largest absolute Gasteiger partial charge is 0.394 e. The second kappa shape index (κ2) is 7.16. The first-order valence-corrected chi connectivity index (χ1v) is 8.20. The summed E-state index contributed by atoms with van der Waals surface area (Å²) in [5.74, 6) is 0.371. The Hall–Kier alpha value is -1.51. The Balaban J connectivity index is 1.75. The van der Waals surface area contributed by atoms with E-state index in [1.54, 1.807) is 24.3 Å². The zero-order valence-corrected chi connectivity index (χ0v) is 13.2. The van der Waals surface area contributed by atoms with E-state index in [1.807, 2.05) is 0 Å². The van der Waals surface area contributed by atoms with Crippen LogP contribution in [-0.2, 0) is 4.74 Å². The average molecular weight is 337 g/mol. The van der Waals surface area contributed by atoms with Crippen LogP contribution >= 0.6 is 0 Å². The van der Waals surface area contributed by atoms with E-state index in [0.717, 1.165) is 12.8 Å². The van der Waals surface area contributed by atoms with Gasteiger partial charge >= 0.3 is 0 Å². The number of aliphatic hydroxyl groups excluding tert-OH is 4. The average Bonchev–Trinajstić information content (AvgIpc) is 3.42. The van der Waals surface area contributed by atoms with Gasteiger partial charge in [-0.05, 0) is 36.5 Å². The quantitative estimate of drug-likeness (QED) is 0.487. The van der Waals surface area contributed by atoms with Gasteiger partial charge in [0.2, 0.25) is 0 Å². The minimum Gasteiger partial charge on any atom is -0.394 e. The molecule has 0 radical (unpaired) electrons. The molecule has 5 atom stereocenters. The normalized spacial score (nSPS) is 33.2. The molecule has 1 heterocycles. The van der Waals surface area contributed by atoms with Gasteiger partial charge in [-0.2, -0.15) is 0 Å². The molecule has 0 aromatic heterocycles. The van der Waals surface area contributed by atoms with Crippen LogP contribution in [0.4, 0.5) is 0 Å². The molecular weight excluding hydrogens is 314 g/mol. The van der Waals surface area contributed by atoms with Crippen LogP contribution in [0, 0.1) is 5.92 Å². The lowest BCUT2D eigenvalue weighted by Crippen LogP contribution is -2.55. The number of carbonyl (C=O) groups excluding carboxylic acids is 1. The number of amides is 1. The SMILES string of the molecule is O=C(NCC1CC1)c1cccc(C2OC(CO)C(O)C(O)C2O)c1. The Morgan fingerprint density at radius 1 is 1.17 bits per heavy atom. The Labute approximate surface area is 139 Å². The molecule has 5 N–H and O–H groups in total. The second-order valence-corrected chi connectivity index (χ2v) is 6.53. The molecule has 2 fully saturated rings. The van der Waals surface area contributed by atoms with Crippen molar-refractivity contribution in [3.8, 4) is 0 Å². The van der Waals surface area contributed by atoms with Crippen LogP contribution in [0.3, 0.4) is 0 Å². The maximum atomic E-state index is 12.2. The summed E-state index contributed by atoms with van der Waals surface area (Å²) in [4.78, 5) is 12.2. The van der Waals surface area contributed by atoms with Crippen molar-refractivity contribution < 1.29 is 30.0 Å². The monoisotopic (exact) mass is 337 g/mol. The number of carbonyl (C=O) groups is 1. The van der Waals surface area contributed by atoms with Gasteiger partial charge in [0.1, 0.15) is 30.5 Å². The molecule has 1 aromatic carbocycles. The molecule has 1 amide bonds. The standard InChI is InChI=1S/C17H23NO6/c19-8-12-13(20)14(21)15(22)16(24-12)10-2-1-3-11(6-10)17(23)18-7-9-4-5-9/h1-3,6,9,12-16,19-22H,4-5,7-8H2,(H,18,23). The number of hydrogen-bond donors (Lipinski definition) is 5. The number of aliphatic hydroxyl groups is 4. The summed E-state index contributed by atoms with van der Waals surface area (Å²) in [7, 11) is 0. The van der Waals surface area contributed by atoms with Gasteiger partial charge in [-0.3, -0.25) is 4.79 Å². The van der Waals surface area contributed by atoms with Crippen molar-refractivity contribution in [1.29, 1.82) is 0 Å². The first-order chi connectivity index (χ1) is 11.5. The van der Waals surface area contributed by atoms with Crippen molar-refractivity contribution >= 4 is 5.91 Å². The summed E-state index contributed by atoms with van der Waals surface area (Å²) >= 11 is 0. The number of nitrogens with one attached hydrogen (secondary N) is 1. The molecule has 2 aliphatic rings. The number of hydrogen-bond acceptors (Lipinski definition) is 6. The van der Waals surface area contributed by atoms with Gasteiger partial charge in [0.15, 0.2) is 0 Å². The number of ether oxygens (including phenoxy) is 1. The van der Waals surface area contributed by atoms with E-state index in [2.05, 4.69) is 5.32 Å². The highest BCUT2D eigenvalue weighted by Gasteiger charge is 2.44. The van der Waals surface area contributed by atoms with Crippen LogP contribution in [0.2, 0.25) is 0 Å². The minimum absolute atomic E-state index is 0.201. The van der Waals surface area contributed by atoms with Gasteiger partial charge in [-0.1, -0.05) is 12.1 Å². The molecule has 3 rings (SSSR count). The summed E-state index contributed by atoms with van der Waals surface area (Å²) in [6, 6.07) is 6.60. The predicted octanol–water partition coefficient (Wildman–Crippen LogP) is -0.659. The Kier molecular flexibility index (Phi) is 5.17. The molecule has 7 nitrogen and oxygen atoms in total. The Morgan fingerprint density at radius 3 is 2.58 bits per heavy atom. The third-order valence-corrected chi connectivity index (χ3v) is 4.62. The van der Waals surface area contributed by atoms with E-state index < -0.39 is 37.1 Å². The topological polar surface area (TPSA) is 119 Å². The molecule has 1 aliphatic heterocycles. The van der Waals surface area contributed by atoms with Crippen LogP contribution in [0.25, 0.3) is 0 Å². The molecule has 1 aromatic rings. The zero-order valence-electron chi connectivity index (χ0n) is 13.2. The van der Waals surface area contributed by atoms with Crippen LogP contribution in [-0.4, -0.2) is 63.9 Å². The van der Waals surface area contributed by atoms with E-state index in [9.17, 15) is 25.2 Å². The third-order valence-electron chi connectivity index (χ3n) is 4.62. The van der Waals surface area contributed by atoms with Crippen LogP contribution in [0.1, 0.15) is 34.9 Å². The highest BCUT2D eigenvalue weighted by molar-refractivity contribution is 5.94. The Bertz CT molecular complexity index is 588. The van der Waals surface area contributed by atoms with Gasteiger partial charge in [0.05, 0.1) is 6.61 Å². The highest BCUT2D eigenvalue weighted by atomic mass is 16.5. The van der Waals surface area contributed by atoms with Gasteiger partial charge in [0, 0.05) is 12.1 Å². The van der Waals surface area contributed by atoms with Crippen molar-refractivity contribution in [3.05, 3.63) is 35.4 Å². The molecule has 7 heteroatoms. The van der Waals surface area contributed by atoms with Crippen molar-refractivity contribution in [2.45, 2.75) is 43.4 Å². The second-order valence-electron chi connectivity index (χ2n) is 6.53. The minimum atomic E-state index is -1.44. The lowest BCUT2D eigenvalue weighted by molar-refractivity contribution is -0.231. The van der Waals surface area contributed by atoms with Crippen molar-refractivity contribution in [3.63, 3.8) is 0 Å². The predicted molar refractivity (Wildman–Crippen MR) is 84.2 cm³/mol. The zero-order chi connectivity index (χ0) is 17.3. The Morgan fingerprint density at radius 2 is 1.92 bits per heavy atom. The lowest BCUT2D eigenvalue weighted by atomic mass is 9.90. The van der Waals surface area contributed by atoms with Gasteiger partial charge in [0.25, 0.3) is 5.91 Å². The maximum Gasteiger partial charge on any atom is 0.251 e. The molecule has 1 aliphatic carbocycles. The third kappa shape index (κ3) is 3.60. The molecule has 132 valence electrons. The van der Waals surface area contributed by atoms with E-state index in [1.165, 1.54) is 0 Å². The van der Waals surface area contributed by atoms with Gasteiger partial charge < -0.3 is 30.5 Å². The molecular formula is C17H23NO6. The first kappa shape index (κ1) is 17.3. The summed E-state index contributed by atoms with van der Waals surface area (Å²) in [6.45, 7) is 0.173. The molecule has 5 unspecified atom stereocenters. The van der Waals surface area contributed by atoms with Gasteiger partial charge in [-0.15, -0.1) is 0 Å².